The molecule has 2 aliphatic rings. The van der Waals surface area contributed by atoms with Crippen molar-refractivity contribution in [3.63, 3.8) is 0 Å². The Kier molecular flexibility index (Phi) is 9.18. The molecular formula is C33H38N4O6. The minimum absolute atomic E-state index is 0.0700. The smallest absolute Gasteiger partial charge is 0.303 e. The van der Waals surface area contributed by atoms with E-state index in [1.165, 1.54) is 0 Å². The SMILES string of the molecule is CCC1=C(C)C(=O)N=C1/C=c1\[nH]/c(=C\c2[nH]c(/C=C3\NC(=O)C(C)=C3CC)c(C)c2CCC(=O)O)c(CCC(=O)O)c1C. The number of nitrogens with zero attached hydrogens (tertiary/aromatic N) is 1. The van der Waals surface area contributed by atoms with Gasteiger partial charge in [-0.15, -0.1) is 0 Å². The van der Waals surface area contributed by atoms with Crippen molar-refractivity contribution in [1.29, 1.82) is 0 Å². The van der Waals surface area contributed by atoms with Gasteiger partial charge in [0.2, 0.25) is 0 Å². The van der Waals surface area contributed by atoms with Crippen LogP contribution >= 0.6 is 0 Å². The van der Waals surface area contributed by atoms with E-state index >= 15 is 0 Å². The molecule has 0 aliphatic carbocycles. The molecule has 0 spiro atoms. The van der Waals surface area contributed by atoms with Crippen molar-refractivity contribution in [3.8, 4) is 0 Å². The van der Waals surface area contributed by atoms with Gasteiger partial charge in [-0.05, 0) is 105 Å². The van der Waals surface area contributed by atoms with E-state index < -0.39 is 11.9 Å². The monoisotopic (exact) mass is 586 g/mol. The Balaban J connectivity index is 1.91. The van der Waals surface area contributed by atoms with Crippen LogP contribution in [-0.2, 0) is 32.0 Å². The van der Waals surface area contributed by atoms with Gasteiger partial charge < -0.3 is 25.5 Å². The van der Waals surface area contributed by atoms with Gasteiger partial charge >= 0.3 is 11.9 Å². The molecule has 226 valence electrons. The zero-order valence-electron chi connectivity index (χ0n) is 25.4. The second-order valence-corrected chi connectivity index (χ2v) is 10.9. The fourth-order valence-corrected chi connectivity index (χ4v) is 5.78. The summed E-state index contributed by atoms with van der Waals surface area (Å²) in [6, 6.07) is 0. The molecule has 10 heteroatoms. The molecule has 2 aromatic rings. The molecule has 0 unspecified atom stereocenters. The third kappa shape index (κ3) is 6.38. The van der Waals surface area contributed by atoms with Crippen molar-refractivity contribution in [2.24, 2.45) is 4.99 Å². The number of hydrogen-bond donors (Lipinski definition) is 5. The fourth-order valence-electron chi connectivity index (χ4n) is 5.78. The van der Waals surface area contributed by atoms with E-state index in [0.29, 0.717) is 46.4 Å². The summed E-state index contributed by atoms with van der Waals surface area (Å²) in [6.45, 7) is 11.3. The number of hydrogen-bond acceptors (Lipinski definition) is 4. The molecule has 4 heterocycles. The van der Waals surface area contributed by atoms with E-state index in [-0.39, 0.29) is 37.5 Å². The van der Waals surface area contributed by atoms with Crippen molar-refractivity contribution in [2.75, 3.05) is 0 Å². The Morgan fingerprint density at radius 1 is 0.744 bits per heavy atom. The molecular weight excluding hydrogens is 548 g/mol. The molecule has 4 rings (SSSR count). The van der Waals surface area contributed by atoms with Crippen LogP contribution < -0.4 is 16.0 Å². The first-order valence-corrected chi connectivity index (χ1v) is 14.5. The standard InChI is InChI=1S/C33H38N4O6/c1-7-20-18(5)32(42)36-26(20)13-24-16(3)22(9-11-30(38)39)28(34-24)15-29-23(10-12-31(40)41)17(4)25(35-29)14-27-21(8-2)19(6)33(43)37-27/h13-15,34-35H,7-12H2,1-6H3,(H,36,42)(H,38,39)(H,40,41)/b25-14-,26-13-,29-15-. The summed E-state index contributed by atoms with van der Waals surface area (Å²) < 4.78 is 0. The molecule has 5 N–H and O–H groups in total. The van der Waals surface area contributed by atoms with Crippen LogP contribution in [-0.4, -0.2) is 49.6 Å². The van der Waals surface area contributed by atoms with E-state index in [0.717, 1.165) is 44.4 Å². The van der Waals surface area contributed by atoms with Crippen molar-refractivity contribution >= 4 is 47.7 Å². The topological polar surface area (TPSA) is 165 Å². The average Bonchev–Trinajstić information content (AvgIpc) is 3.59. The summed E-state index contributed by atoms with van der Waals surface area (Å²) in [7, 11) is 0. The molecule has 0 saturated heterocycles. The van der Waals surface area contributed by atoms with E-state index in [1.807, 2.05) is 45.9 Å². The molecule has 2 amide bonds. The Hall–Kier alpha value is -4.73. The van der Waals surface area contributed by atoms with Gasteiger partial charge in [-0.1, -0.05) is 13.8 Å². The van der Waals surface area contributed by atoms with Crippen molar-refractivity contribution in [2.45, 2.75) is 80.1 Å². The quantitative estimate of drug-likeness (QED) is 0.270. The molecule has 0 bridgehead atoms. The maximum atomic E-state index is 12.3. The Bertz CT molecular complexity index is 1790. The fraction of sp³-hybridized carbons (Fsp3) is 0.364. The maximum Gasteiger partial charge on any atom is 0.303 e. The Morgan fingerprint density at radius 2 is 1.37 bits per heavy atom. The van der Waals surface area contributed by atoms with Crippen LogP contribution in [0, 0.1) is 13.8 Å². The highest BCUT2D eigenvalue weighted by Gasteiger charge is 2.24. The first-order valence-electron chi connectivity index (χ1n) is 14.5. The number of aliphatic carboxylic acids is 2. The number of rotatable bonds is 11. The molecule has 0 aromatic carbocycles. The summed E-state index contributed by atoms with van der Waals surface area (Å²) in [5, 5.41) is 23.2. The second kappa shape index (κ2) is 12.6. The maximum absolute atomic E-state index is 12.3. The molecule has 0 radical (unpaired) electrons. The van der Waals surface area contributed by atoms with E-state index in [4.69, 9.17) is 0 Å². The number of aliphatic imine (C=N–C) groups is 1. The predicted octanol–water partition coefficient (Wildman–Crippen LogP) is 3.51. The van der Waals surface area contributed by atoms with Gasteiger partial charge in [0.05, 0.1) is 5.71 Å². The molecule has 10 nitrogen and oxygen atoms in total. The second-order valence-electron chi connectivity index (χ2n) is 10.9. The first-order chi connectivity index (χ1) is 20.4. The van der Waals surface area contributed by atoms with Crippen molar-refractivity contribution in [3.05, 3.63) is 72.3 Å². The number of aromatic nitrogens is 2. The highest BCUT2D eigenvalue weighted by molar-refractivity contribution is 6.30. The van der Waals surface area contributed by atoms with E-state index in [9.17, 15) is 29.4 Å². The molecule has 2 aliphatic heterocycles. The first kappa shape index (κ1) is 31.2. The van der Waals surface area contributed by atoms with Crippen LogP contribution in [0.4, 0.5) is 0 Å². The highest BCUT2D eigenvalue weighted by Crippen LogP contribution is 2.28. The lowest BCUT2D eigenvalue weighted by Crippen LogP contribution is -2.15. The number of carboxylic acid groups (broad SMARTS) is 2. The van der Waals surface area contributed by atoms with Gasteiger partial charge in [0, 0.05) is 51.8 Å². The summed E-state index contributed by atoms with van der Waals surface area (Å²) in [6.07, 6.45) is 7.33. The normalized spacial score (nSPS) is 17.2. The number of H-pyrrole nitrogens is 2. The number of allylic oxidation sites excluding steroid dienone is 2. The van der Waals surface area contributed by atoms with E-state index in [2.05, 4.69) is 20.3 Å². The number of carbonyl (C=O) groups excluding carboxylic acids is 2. The van der Waals surface area contributed by atoms with Gasteiger partial charge in [-0.25, -0.2) is 4.99 Å². The summed E-state index contributed by atoms with van der Waals surface area (Å²) in [5.41, 5.74) is 9.18. The summed E-state index contributed by atoms with van der Waals surface area (Å²) in [5.74, 6) is -2.23. The van der Waals surface area contributed by atoms with Crippen LogP contribution in [0.2, 0.25) is 0 Å². The molecule has 0 fully saturated rings. The number of carbonyl (C=O) groups is 4. The van der Waals surface area contributed by atoms with Gasteiger partial charge in [0.15, 0.2) is 0 Å². The minimum atomic E-state index is -0.921. The Labute approximate surface area is 249 Å². The third-order valence-corrected chi connectivity index (χ3v) is 8.32. The highest BCUT2D eigenvalue weighted by atomic mass is 16.4. The van der Waals surface area contributed by atoms with Gasteiger partial charge in [-0.3, -0.25) is 19.2 Å². The summed E-state index contributed by atoms with van der Waals surface area (Å²) in [4.78, 5) is 58.7. The van der Waals surface area contributed by atoms with Crippen LogP contribution in [0.5, 0.6) is 0 Å². The molecule has 43 heavy (non-hydrogen) atoms. The zero-order chi connectivity index (χ0) is 31.6. The number of nitrogens with one attached hydrogen (secondary N) is 3. The van der Waals surface area contributed by atoms with E-state index in [1.54, 1.807) is 13.8 Å². The van der Waals surface area contributed by atoms with Crippen molar-refractivity contribution in [1.82, 2.24) is 15.3 Å². The lowest BCUT2D eigenvalue weighted by Gasteiger charge is -2.04. The Morgan fingerprint density at radius 3 is 1.98 bits per heavy atom. The van der Waals surface area contributed by atoms with Crippen LogP contribution in [0.25, 0.3) is 18.2 Å². The molecule has 0 saturated carbocycles. The molecule has 0 atom stereocenters. The largest absolute Gasteiger partial charge is 0.481 e. The van der Waals surface area contributed by atoms with Gasteiger partial charge in [0.1, 0.15) is 0 Å². The minimum Gasteiger partial charge on any atom is -0.481 e. The average molecular weight is 587 g/mol. The zero-order valence-corrected chi connectivity index (χ0v) is 25.4. The third-order valence-electron chi connectivity index (χ3n) is 8.32. The summed E-state index contributed by atoms with van der Waals surface area (Å²) >= 11 is 0. The van der Waals surface area contributed by atoms with Crippen molar-refractivity contribution < 1.29 is 29.4 Å². The number of carboxylic acids is 2. The lowest BCUT2D eigenvalue weighted by molar-refractivity contribution is -0.138. The van der Waals surface area contributed by atoms with Gasteiger partial charge in [-0.2, -0.15) is 0 Å². The van der Waals surface area contributed by atoms with Crippen LogP contribution in [0.3, 0.4) is 0 Å². The molecule has 2 aromatic heterocycles. The van der Waals surface area contributed by atoms with Crippen LogP contribution in [0.1, 0.15) is 87.0 Å². The lowest BCUT2D eigenvalue weighted by atomic mass is 10.0. The predicted molar refractivity (Wildman–Crippen MR) is 165 cm³/mol. The number of aromatic amines is 2. The van der Waals surface area contributed by atoms with Gasteiger partial charge in [0.25, 0.3) is 11.8 Å². The number of amides is 2. The van der Waals surface area contributed by atoms with Crippen LogP contribution in [0.15, 0.2) is 33.0 Å².